The molecule has 0 atom stereocenters. The minimum absolute atomic E-state index is 0. The smallest absolute Gasteiger partial charge is 0.317 e. The van der Waals surface area contributed by atoms with Gasteiger partial charge in [-0.1, -0.05) is 6.07 Å². The van der Waals surface area contributed by atoms with E-state index in [1.54, 1.807) is 0 Å². The van der Waals surface area contributed by atoms with E-state index in [0.29, 0.717) is 11.8 Å². The van der Waals surface area contributed by atoms with Crippen LogP contribution < -0.4 is 11.0 Å². The first kappa shape index (κ1) is 14.7. The van der Waals surface area contributed by atoms with Crippen LogP contribution in [0.5, 0.6) is 0 Å². The lowest BCUT2D eigenvalue weighted by atomic mass is 9.90. The molecular formula is C16H22ClN3O. The monoisotopic (exact) mass is 307 g/mol. The highest BCUT2D eigenvalue weighted by Crippen LogP contribution is 2.32. The van der Waals surface area contributed by atoms with Crippen molar-refractivity contribution in [2.24, 2.45) is 5.92 Å². The summed E-state index contributed by atoms with van der Waals surface area (Å²) in [4.78, 5) is 15.1. The molecule has 0 radical (unpaired) electrons. The third kappa shape index (κ3) is 2.87. The number of fused-ring (bicyclic) bond motifs is 1. The van der Waals surface area contributed by atoms with E-state index < -0.39 is 0 Å². The molecule has 114 valence electrons. The molecule has 5 heteroatoms. The van der Waals surface area contributed by atoms with Gasteiger partial charge in [0.05, 0.1) is 11.0 Å². The summed E-state index contributed by atoms with van der Waals surface area (Å²) >= 11 is 0. The van der Waals surface area contributed by atoms with Gasteiger partial charge in [0.25, 0.3) is 0 Å². The van der Waals surface area contributed by atoms with Crippen LogP contribution in [-0.2, 0) is 6.54 Å². The fourth-order valence-corrected chi connectivity index (χ4v) is 3.32. The van der Waals surface area contributed by atoms with Gasteiger partial charge in [-0.25, -0.2) is 4.79 Å². The standard InChI is InChI=1S/C16H21N3O.ClH/c20-16-18-14-4-3-13(12-5-7-17-8-6-12)9-15(14)19(16)10-11-1-2-11;/h3-4,9,11-12,17H,1-2,5-8,10H2,(H,18,20);1H. The number of hydrogen-bond donors (Lipinski definition) is 2. The zero-order valence-electron chi connectivity index (χ0n) is 12.1. The predicted molar refractivity (Wildman–Crippen MR) is 87.4 cm³/mol. The van der Waals surface area contributed by atoms with Crippen molar-refractivity contribution < 1.29 is 0 Å². The zero-order valence-corrected chi connectivity index (χ0v) is 12.9. The lowest BCUT2D eigenvalue weighted by Crippen LogP contribution is -2.26. The predicted octanol–water partition coefficient (Wildman–Crippen LogP) is 2.63. The van der Waals surface area contributed by atoms with Crippen LogP contribution in [0.25, 0.3) is 11.0 Å². The Morgan fingerprint density at radius 1 is 1.14 bits per heavy atom. The second kappa shape index (κ2) is 5.85. The first-order valence-electron chi connectivity index (χ1n) is 7.74. The van der Waals surface area contributed by atoms with Crippen molar-refractivity contribution in [1.82, 2.24) is 14.9 Å². The van der Waals surface area contributed by atoms with Gasteiger partial charge in [-0.2, -0.15) is 0 Å². The van der Waals surface area contributed by atoms with Gasteiger partial charge < -0.3 is 10.3 Å². The number of imidazole rings is 1. The van der Waals surface area contributed by atoms with Crippen LogP contribution in [0.1, 0.15) is 37.2 Å². The van der Waals surface area contributed by atoms with Crippen LogP contribution in [-0.4, -0.2) is 22.6 Å². The first-order chi connectivity index (χ1) is 9.81. The molecule has 1 saturated heterocycles. The van der Waals surface area contributed by atoms with Crippen LogP contribution in [0.15, 0.2) is 23.0 Å². The van der Waals surface area contributed by atoms with Gasteiger partial charge in [-0.3, -0.25) is 4.57 Å². The second-order valence-electron chi connectivity index (χ2n) is 6.28. The van der Waals surface area contributed by atoms with E-state index in [9.17, 15) is 4.79 Å². The summed E-state index contributed by atoms with van der Waals surface area (Å²) in [6.07, 6.45) is 4.94. The van der Waals surface area contributed by atoms with Crippen molar-refractivity contribution in [3.05, 3.63) is 34.2 Å². The third-order valence-electron chi connectivity index (χ3n) is 4.75. The SMILES string of the molecule is Cl.O=c1[nH]c2ccc(C3CCNCC3)cc2n1CC1CC1. The fourth-order valence-electron chi connectivity index (χ4n) is 3.32. The van der Waals surface area contributed by atoms with Crippen LogP contribution in [0.4, 0.5) is 0 Å². The number of hydrogen-bond acceptors (Lipinski definition) is 2. The summed E-state index contributed by atoms with van der Waals surface area (Å²) in [5, 5.41) is 3.41. The van der Waals surface area contributed by atoms with E-state index in [-0.39, 0.29) is 18.1 Å². The Hall–Kier alpha value is -1.26. The molecule has 1 aromatic carbocycles. The molecule has 2 N–H and O–H groups in total. The maximum Gasteiger partial charge on any atom is 0.326 e. The van der Waals surface area contributed by atoms with Crippen molar-refractivity contribution in [3.8, 4) is 0 Å². The average Bonchev–Trinajstić information content (AvgIpc) is 3.25. The Kier molecular flexibility index (Phi) is 4.09. The number of benzene rings is 1. The fraction of sp³-hybridized carbons (Fsp3) is 0.562. The van der Waals surface area contributed by atoms with E-state index in [2.05, 4.69) is 28.5 Å². The van der Waals surface area contributed by atoms with Crippen LogP contribution in [0.2, 0.25) is 0 Å². The summed E-state index contributed by atoms with van der Waals surface area (Å²) in [5.41, 5.74) is 3.52. The summed E-state index contributed by atoms with van der Waals surface area (Å²) in [6.45, 7) is 3.09. The molecular weight excluding hydrogens is 286 g/mol. The lowest BCUT2D eigenvalue weighted by molar-refractivity contribution is 0.460. The van der Waals surface area contributed by atoms with E-state index >= 15 is 0 Å². The zero-order chi connectivity index (χ0) is 13.5. The summed E-state index contributed by atoms with van der Waals surface area (Å²) in [6, 6.07) is 6.51. The Morgan fingerprint density at radius 3 is 2.62 bits per heavy atom. The molecule has 2 aliphatic rings. The molecule has 0 unspecified atom stereocenters. The van der Waals surface area contributed by atoms with Gasteiger partial charge >= 0.3 is 5.69 Å². The number of nitrogens with zero attached hydrogens (tertiary/aromatic N) is 1. The number of nitrogens with one attached hydrogen (secondary N) is 2. The quantitative estimate of drug-likeness (QED) is 0.916. The summed E-state index contributed by atoms with van der Waals surface area (Å²) < 4.78 is 1.94. The van der Waals surface area contributed by atoms with Gasteiger partial charge in [-0.05, 0) is 68.3 Å². The summed E-state index contributed by atoms with van der Waals surface area (Å²) in [5.74, 6) is 1.36. The maximum atomic E-state index is 12.1. The van der Waals surface area contributed by atoms with Crippen molar-refractivity contribution >= 4 is 23.4 Å². The van der Waals surface area contributed by atoms with Gasteiger partial charge in [0.15, 0.2) is 0 Å². The van der Waals surface area contributed by atoms with Gasteiger partial charge in [0.2, 0.25) is 0 Å². The van der Waals surface area contributed by atoms with Gasteiger partial charge in [0, 0.05) is 6.54 Å². The Morgan fingerprint density at radius 2 is 1.90 bits per heavy atom. The Balaban J connectivity index is 0.00000132. The number of H-pyrrole nitrogens is 1. The molecule has 1 aliphatic carbocycles. The second-order valence-corrected chi connectivity index (χ2v) is 6.28. The molecule has 1 aliphatic heterocycles. The highest BCUT2D eigenvalue weighted by Gasteiger charge is 2.24. The molecule has 21 heavy (non-hydrogen) atoms. The van der Waals surface area contributed by atoms with Gasteiger partial charge in [0.1, 0.15) is 0 Å². The minimum Gasteiger partial charge on any atom is -0.317 e. The molecule has 2 heterocycles. The van der Waals surface area contributed by atoms with E-state index in [1.807, 2.05) is 4.57 Å². The highest BCUT2D eigenvalue weighted by molar-refractivity contribution is 5.85. The molecule has 0 spiro atoms. The van der Waals surface area contributed by atoms with Gasteiger partial charge in [-0.15, -0.1) is 12.4 Å². The molecule has 1 saturated carbocycles. The summed E-state index contributed by atoms with van der Waals surface area (Å²) in [7, 11) is 0. The van der Waals surface area contributed by atoms with E-state index in [0.717, 1.165) is 30.7 Å². The molecule has 4 nitrogen and oxygen atoms in total. The highest BCUT2D eigenvalue weighted by atomic mass is 35.5. The normalized spacial score (nSPS) is 19.6. The minimum atomic E-state index is 0. The Bertz CT molecular complexity index is 680. The molecule has 2 aromatic rings. The largest absolute Gasteiger partial charge is 0.326 e. The van der Waals surface area contributed by atoms with E-state index in [1.165, 1.54) is 31.2 Å². The molecule has 0 amide bonds. The first-order valence-corrected chi connectivity index (χ1v) is 7.74. The topological polar surface area (TPSA) is 49.8 Å². The lowest BCUT2D eigenvalue weighted by Gasteiger charge is -2.23. The van der Waals surface area contributed by atoms with Crippen molar-refractivity contribution in [2.75, 3.05) is 13.1 Å². The van der Waals surface area contributed by atoms with Crippen LogP contribution in [0, 0.1) is 5.92 Å². The number of halogens is 1. The average molecular weight is 308 g/mol. The maximum absolute atomic E-state index is 12.1. The third-order valence-corrected chi connectivity index (χ3v) is 4.75. The number of rotatable bonds is 3. The van der Waals surface area contributed by atoms with Crippen molar-refractivity contribution in [2.45, 2.75) is 38.1 Å². The van der Waals surface area contributed by atoms with Crippen molar-refractivity contribution in [1.29, 1.82) is 0 Å². The number of piperidine rings is 1. The molecule has 2 fully saturated rings. The number of aromatic nitrogens is 2. The van der Waals surface area contributed by atoms with Crippen LogP contribution in [0.3, 0.4) is 0 Å². The number of aromatic amines is 1. The van der Waals surface area contributed by atoms with Crippen molar-refractivity contribution in [3.63, 3.8) is 0 Å². The van der Waals surface area contributed by atoms with E-state index in [4.69, 9.17) is 0 Å². The van der Waals surface area contributed by atoms with Crippen LogP contribution >= 0.6 is 12.4 Å². The molecule has 0 bridgehead atoms. The molecule has 1 aromatic heterocycles. The Labute approximate surface area is 130 Å². The molecule has 4 rings (SSSR count).